The van der Waals surface area contributed by atoms with E-state index in [0.29, 0.717) is 23.0 Å². The molecule has 0 spiro atoms. The minimum absolute atomic E-state index is 0.199. The van der Waals surface area contributed by atoms with Gasteiger partial charge < -0.3 is 10.1 Å². The van der Waals surface area contributed by atoms with Crippen LogP contribution >= 0.6 is 0 Å². The number of methoxy groups -OCH3 is 1. The second kappa shape index (κ2) is 8.81. The van der Waals surface area contributed by atoms with Crippen molar-refractivity contribution in [3.8, 4) is 5.75 Å². The van der Waals surface area contributed by atoms with Crippen LogP contribution in [0.3, 0.4) is 0 Å². The minimum atomic E-state index is -3.86. The van der Waals surface area contributed by atoms with Gasteiger partial charge in [-0.1, -0.05) is 26.0 Å². The van der Waals surface area contributed by atoms with Crippen molar-refractivity contribution >= 4 is 27.3 Å². The van der Waals surface area contributed by atoms with Gasteiger partial charge in [0.1, 0.15) is 5.75 Å². The number of amides is 1. The Morgan fingerprint density at radius 1 is 1.07 bits per heavy atom. The zero-order chi connectivity index (χ0) is 21.0. The monoisotopic (exact) mass is 418 g/mol. The van der Waals surface area contributed by atoms with Gasteiger partial charge in [0, 0.05) is 17.9 Å². The van der Waals surface area contributed by atoms with E-state index in [0.717, 1.165) is 5.56 Å². The van der Waals surface area contributed by atoms with E-state index in [-0.39, 0.29) is 12.5 Å². The average Bonchev–Trinajstić information content (AvgIpc) is 3.20. The largest absolute Gasteiger partial charge is 0.497 e. The molecule has 2 aromatic rings. The van der Waals surface area contributed by atoms with Crippen molar-refractivity contribution in [2.75, 3.05) is 23.7 Å². The molecule has 9 heteroatoms. The molecule has 2 aromatic carbocycles. The van der Waals surface area contributed by atoms with E-state index < -0.39 is 21.3 Å². The Morgan fingerprint density at radius 2 is 1.69 bits per heavy atom. The van der Waals surface area contributed by atoms with Crippen LogP contribution in [0.2, 0.25) is 0 Å². The summed E-state index contributed by atoms with van der Waals surface area (Å²) in [5.41, 5.74) is 7.65. The van der Waals surface area contributed by atoms with Crippen LogP contribution < -0.4 is 25.6 Å². The summed E-state index contributed by atoms with van der Waals surface area (Å²) in [6.45, 7) is 4.38. The highest BCUT2D eigenvalue weighted by atomic mass is 32.2. The number of hydrogen-bond acceptors (Lipinski definition) is 6. The third kappa shape index (κ3) is 5.06. The number of sulfonamides is 1. The third-order valence-electron chi connectivity index (χ3n) is 4.80. The van der Waals surface area contributed by atoms with E-state index in [1.54, 1.807) is 24.3 Å². The summed E-state index contributed by atoms with van der Waals surface area (Å²) in [5.74, 6) is -0.156. The summed E-state index contributed by atoms with van der Waals surface area (Å²) in [6, 6.07) is 14.1. The number of ether oxygens (including phenoxy) is 1. The van der Waals surface area contributed by atoms with Crippen molar-refractivity contribution in [1.82, 2.24) is 10.9 Å². The van der Waals surface area contributed by atoms with E-state index in [1.807, 2.05) is 24.3 Å². The van der Waals surface area contributed by atoms with E-state index in [9.17, 15) is 13.2 Å². The molecule has 0 aromatic heterocycles. The predicted octanol–water partition coefficient (Wildman–Crippen LogP) is 2.25. The summed E-state index contributed by atoms with van der Waals surface area (Å²) >= 11 is 0. The molecule has 2 unspecified atom stereocenters. The second-order valence-electron chi connectivity index (χ2n) is 7.19. The predicted molar refractivity (Wildman–Crippen MR) is 113 cm³/mol. The van der Waals surface area contributed by atoms with Crippen molar-refractivity contribution < 1.29 is 17.9 Å². The van der Waals surface area contributed by atoms with Crippen LogP contribution in [0.15, 0.2) is 48.5 Å². The summed E-state index contributed by atoms with van der Waals surface area (Å²) in [7, 11) is -2.33. The fourth-order valence-corrected chi connectivity index (χ4v) is 4.56. The number of anilines is 2. The average molecular weight is 419 g/mol. The topological polar surface area (TPSA) is 109 Å². The van der Waals surface area contributed by atoms with E-state index in [1.165, 1.54) is 7.11 Å². The van der Waals surface area contributed by atoms with Gasteiger partial charge in [-0.25, -0.2) is 13.8 Å². The highest BCUT2D eigenvalue weighted by Crippen LogP contribution is 2.22. The lowest BCUT2D eigenvalue weighted by Gasteiger charge is -2.20. The Hall–Kier alpha value is -2.62. The van der Waals surface area contributed by atoms with Crippen LogP contribution in [-0.2, 0) is 14.8 Å². The molecule has 3 rings (SSSR count). The molecule has 0 radical (unpaired) electrons. The van der Waals surface area contributed by atoms with Crippen molar-refractivity contribution in [2.24, 2.45) is 5.92 Å². The van der Waals surface area contributed by atoms with Gasteiger partial charge in [0.05, 0.1) is 13.0 Å². The lowest BCUT2D eigenvalue weighted by molar-refractivity contribution is -0.119. The molecule has 1 amide bonds. The summed E-state index contributed by atoms with van der Waals surface area (Å²) in [4.78, 5) is 12.7. The van der Waals surface area contributed by atoms with Crippen molar-refractivity contribution in [3.05, 3.63) is 54.1 Å². The van der Waals surface area contributed by atoms with E-state index in [4.69, 9.17) is 4.74 Å². The number of hydrogen-bond donors (Lipinski definition) is 4. The molecule has 4 N–H and O–H groups in total. The molecule has 1 aliphatic heterocycles. The molecule has 0 aliphatic carbocycles. The standard InChI is InChI=1S/C20H26N4O4S/c1-13(2)14-4-6-15(7-5-14)22-19(25)18-12-21-23-20(18)29(26,27)24-16-8-10-17(28-3)11-9-16/h4-11,13,18,20-21,23-24H,12H2,1-3H3,(H,22,25). The number of hydrazine groups is 1. The van der Waals surface area contributed by atoms with Crippen molar-refractivity contribution in [2.45, 2.75) is 25.1 Å². The fourth-order valence-electron chi connectivity index (χ4n) is 3.07. The van der Waals surface area contributed by atoms with Crippen LogP contribution in [0.5, 0.6) is 5.75 Å². The molecule has 1 aliphatic rings. The first kappa shape index (κ1) is 21.1. The Labute approximate surface area is 171 Å². The molecule has 29 heavy (non-hydrogen) atoms. The second-order valence-corrected chi connectivity index (χ2v) is 9.00. The first-order valence-electron chi connectivity index (χ1n) is 9.35. The fraction of sp³-hybridized carbons (Fsp3) is 0.350. The Bertz CT molecular complexity index is 943. The van der Waals surface area contributed by atoms with Crippen molar-refractivity contribution in [1.29, 1.82) is 0 Å². The van der Waals surface area contributed by atoms with Gasteiger partial charge in [0.15, 0.2) is 5.37 Å². The first-order chi connectivity index (χ1) is 13.8. The van der Waals surface area contributed by atoms with Gasteiger partial charge in [-0.2, -0.15) is 0 Å². The van der Waals surface area contributed by atoms with Gasteiger partial charge in [-0.15, -0.1) is 0 Å². The lowest BCUT2D eigenvalue weighted by atomic mass is 10.0. The molecular weight excluding hydrogens is 392 g/mol. The number of carbonyl (C=O) groups is 1. The smallest absolute Gasteiger partial charge is 0.250 e. The van der Waals surface area contributed by atoms with Gasteiger partial charge in [0.25, 0.3) is 10.0 Å². The molecule has 8 nitrogen and oxygen atoms in total. The van der Waals surface area contributed by atoms with Gasteiger partial charge in [-0.05, 0) is 47.9 Å². The molecule has 1 fully saturated rings. The van der Waals surface area contributed by atoms with E-state index >= 15 is 0 Å². The van der Waals surface area contributed by atoms with Gasteiger partial charge in [-0.3, -0.25) is 14.9 Å². The highest BCUT2D eigenvalue weighted by Gasteiger charge is 2.41. The molecular formula is C20H26N4O4S. The normalized spacial score (nSPS) is 19.2. The van der Waals surface area contributed by atoms with Crippen LogP contribution in [0.1, 0.15) is 25.3 Å². The van der Waals surface area contributed by atoms with Crippen LogP contribution in [0.25, 0.3) is 0 Å². The van der Waals surface area contributed by atoms with E-state index in [2.05, 4.69) is 34.7 Å². The lowest BCUT2D eigenvalue weighted by Crippen LogP contribution is -2.45. The summed E-state index contributed by atoms with van der Waals surface area (Å²) in [5, 5.41) is 1.69. The molecule has 156 valence electrons. The van der Waals surface area contributed by atoms with Crippen LogP contribution in [-0.4, -0.2) is 33.4 Å². The number of rotatable bonds is 7. The zero-order valence-electron chi connectivity index (χ0n) is 16.6. The maximum absolute atomic E-state index is 12.8. The zero-order valence-corrected chi connectivity index (χ0v) is 17.4. The highest BCUT2D eigenvalue weighted by molar-refractivity contribution is 7.93. The Morgan fingerprint density at radius 3 is 2.28 bits per heavy atom. The van der Waals surface area contributed by atoms with Crippen LogP contribution in [0, 0.1) is 5.92 Å². The first-order valence-corrected chi connectivity index (χ1v) is 10.9. The Kier molecular flexibility index (Phi) is 6.41. The maximum Gasteiger partial charge on any atom is 0.250 e. The van der Waals surface area contributed by atoms with Crippen LogP contribution in [0.4, 0.5) is 11.4 Å². The third-order valence-corrected chi connectivity index (χ3v) is 6.43. The molecule has 2 atom stereocenters. The van der Waals surface area contributed by atoms with Gasteiger partial charge in [0.2, 0.25) is 5.91 Å². The minimum Gasteiger partial charge on any atom is -0.497 e. The summed E-state index contributed by atoms with van der Waals surface area (Å²) in [6.07, 6.45) is 0. The van der Waals surface area contributed by atoms with Crippen molar-refractivity contribution in [3.63, 3.8) is 0 Å². The molecule has 1 saturated heterocycles. The Balaban J connectivity index is 1.69. The number of benzene rings is 2. The SMILES string of the molecule is COc1ccc(NS(=O)(=O)C2NNCC2C(=O)Nc2ccc(C(C)C)cc2)cc1. The number of nitrogens with one attached hydrogen (secondary N) is 4. The molecule has 1 heterocycles. The maximum atomic E-state index is 12.8. The summed E-state index contributed by atoms with van der Waals surface area (Å²) < 4.78 is 33.2. The number of carbonyl (C=O) groups excluding carboxylic acids is 1. The quantitative estimate of drug-likeness (QED) is 0.549. The van der Waals surface area contributed by atoms with Gasteiger partial charge >= 0.3 is 0 Å². The molecule has 0 bridgehead atoms. The molecule has 0 saturated carbocycles.